The molecule has 0 aliphatic heterocycles. The number of allylic oxidation sites excluding steroid dienone is 1. The summed E-state index contributed by atoms with van der Waals surface area (Å²) in [7, 11) is 0. The van der Waals surface area contributed by atoms with Gasteiger partial charge in [-0.15, -0.1) is 0 Å². The van der Waals surface area contributed by atoms with E-state index in [1.165, 1.54) is 77.2 Å². The van der Waals surface area contributed by atoms with E-state index in [4.69, 9.17) is 5.73 Å². The summed E-state index contributed by atoms with van der Waals surface area (Å²) in [5.41, 5.74) is 20.8. The first kappa shape index (κ1) is 26.4. The lowest BCUT2D eigenvalue weighted by molar-refractivity contribution is 0.809. The topological polar surface area (TPSA) is 38.0 Å². The summed E-state index contributed by atoms with van der Waals surface area (Å²) in [5.74, 6) is 0. The van der Waals surface area contributed by atoms with Gasteiger partial charge < -0.3 is 11.1 Å². The molecule has 2 nitrogen and oxygen atoms in total. The molecule has 0 saturated heterocycles. The van der Waals surface area contributed by atoms with Crippen LogP contribution in [0, 0.1) is 0 Å². The molecule has 3 aliphatic carbocycles. The van der Waals surface area contributed by atoms with Gasteiger partial charge in [0.2, 0.25) is 0 Å². The van der Waals surface area contributed by atoms with Gasteiger partial charge in [0.15, 0.2) is 0 Å². The van der Waals surface area contributed by atoms with Crippen LogP contribution in [0.25, 0.3) is 54.9 Å². The molecule has 0 aromatic heterocycles. The lowest BCUT2D eigenvalue weighted by Crippen LogP contribution is -2.26. The largest absolute Gasteiger partial charge is 0.399 e. The van der Waals surface area contributed by atoms with E-state index in [0.717, 1.165) is 17.8 Å². The maximum atomic E-state index is 5.91. The van der Waals surface area contributed by atoms with Crippen LogP contribution >= 0.6 is 0 Å². The second-order valence-corrected chi connectivity index (χ2v) is 13.1. The molecule has 10 rings (SSSR count). The number of rotatable bonds is 3. The van der Waals surface area contributed by atoms with Crippen molar-refractivity contribution in [2.75, 3.05) is 5.32 Å². The van der Waals surface area contributed by atoms with E-state index in [0.29, 0.717) is 0 Å². The van der Waals surface area contributed by atoms with Crippen LogP contribution in [0.1, 0.15) is 28.7 Å². The highest BCUT2D eigenvalue weighted by molar-refractivity contribution is 6.09. The number of hydrogen-bond donors (Lipinski definition) is 2. The fourth-order valence-corrected chi connectivity index (χ4v) is 8.65. The molecule has 2 heteroatoms. The van der Waals surface area contributed by atoms with Gasteiger partial charge in [-0.05, 0) is 108 Å². The lowest BCUT2D eigenvalue weighted by Gasteiger charge is -2.32. The van der Waals surface area contributed by atoms with Gasteiger partial charge in [-0.1, -0.05) is 133 Å². The summed E-state index contributed by atoms with van der Waals surface area (Å²) in [5, 5.41) is 8.80. The van der Waals surface area contributed by atoms with Crippen LogP contribution < -0.4 is 11.1 Å². The number of nitrogens with two attached hydrogens (primary N) is 1. The molecular weight excluding hydrogens is 569 g/mol. The van der Waals surface area contributed by atoms with Crippen molar-refractivity contribution in [2.24, 2.45) is 5.73 Å². The number of hydrogen-bond acceptors (Lipinski definition) is 2. The van der Waals surface area contributed by atoms with Crippen molar-refractivity contribution in [3.05, 3.63) is 186 Å². The van der Waals surface area contributed by atoms with Crippen LogP contribution in [-0.4, -0.2) is 6.04 Å². The first-order valence-corrected chi connectivity index (χ1v) is 16.5. The highest BCUT2D eigenvalue weighted by Crippen LogP contribution is 2.65. The zero-order valence-corrected chi connectivity index (χ0v) is 25.9. The number of anilines is 1. The van der Waals surface area contributed by atoms with Crippen molar-refractivity contribution in [1.82, 2.24) is 0 Å². The van der Waals surface area contributed by atoms with E-state index >= 15 is 0 Å². The Kier molecular flexibility index (Phi) is 5.51. The molecule has 1 spiro atoms. The van der Waals surface area contributed by atoms with E-state index in [1.807, 2.05) is 6.08 Å². The maximum absolute atomic E-state index is 5.91. The van der Waals surface area contributed by atoms with Crippen LogP contribution in [0.2, 0.25) is 0 Å². The van der Waals surface area contributed by atoms with Gasteiger partial charge in [0, 0.05) is 17.4 Å². The third-order valence-corrected chi connectivity index (χ3v) is 10.6. The summed E-state index contributed by atoms with van der Waals surface area (Å²) in [6, 6.07) is 52.6. The Bertz CT molecular complexity index is 2430. The molecule has 1 unspecified atom stereocenters. The molecule has 0 bridgehead atoms. The zero-order chi connectivity index (χ0) is 31.1. The normalized spacial score (nSPS) is 16.5. The van der Waals surface area contributed by atoms with Gasteiger partial charge in [-0.3, -0.25) is 0 Å². The Morgan fingerprint density at radius 2 is 1.17 bits per heavy atom. The SMILES string of the molecule is NC1=CCC(Nc2ccc(-c3ccc4c5c(ccc4c3)-c3ccc4ccccc4c3C53c4ccccc4-c4ccccc43)cc2)C=C1. The molecule has 0 saturated carbocycles. The zero-order valence-electron chi connectivity index (χ0n) is 25.9. The molecule has 0 radical (unpaired) electrons. The Morgan fingerprint density at radius 3 is 1.87 bits per heavy atom. The van der Waals surface area contributed by atoms with Crippen LogP contribution in [0.4, 0.5) is 5.69 Å². The molecule has 3 aliphatic rings. The molecule has 0 heterocycles. The van der Waals surface area contributed by atoms with Gasteiger partial charge in [-0.2, -0.15) is 0 Å². The van der Waals surface area contributed by atoms with Gasteiger partial charge in [-0.25, -0.2) is 0 Å². The third kappa shape index (κ3) is 3.67. The Labute approximate surface area is 274 Å². The van der Waals surface area contributed by atoms with E-state index in [9.17, 15) is 0 Å². The molecule has 7 aromatic rings. The minimum Gasteiger partial charge on any atom is -0.399 e. The molecule has 222 valence electrons. The molecule has 1 atom stereocenters. The van der Waals surface area contributed by atoms with Gasteiger partial charge in [0.25, 0.3) is 0 Å². The summed E-state index contributed by atoms with van der Waals surface area (Å²) in [6.45, 7) is 0. The van der Waals surface area contributed by atoms with Crippen LogP contribution in [0.3, 0.4) is 0 Å². The molecule has 0 amide bonds. The quantitative estimate of drug-likeness (QED) is 0.212. The maximum Gasteiger partial charge on any atom is 0.0737 e. The molecule has 7 aromatic carbocycles. The number of fused-ring (bicyclic) bond motifs is 14. The highest BCUT2D eigenvalue weighted by atomic mass is 14.9. The molecule has 3 N–H and O–H groups in total. The smallest absolute Gasteiger partial charge is 0.0737 e. The fraction of sp³-hybridized carbons (Fsp3) is 0.0667. The minimum absolute atomic E-state index is 0.260. The molecule has 47 heavy (non-hydrogen) atoms. The second kappa shape index (κ2) is 9.82. The van der Waals surface area contributed by atoms with Gasteiger partial charge >= 0.3 is 0 Å². The van der Waals surface area contributed by atoms with E-state index < -0.39 is 5.41 Å². The highest BCUT2D eigenvalue weighted by Gasteiger charge is 2.53. The van der Waals surface area contributed by atoms with Crippen molar-refractivity contribution in [2.45, 2.75) is 17.9 Å². The number of benzene rings is 7. The summed E-state index contributed by atoms with van der Waals surface area (Å²) in [6.07, 6.45) is 7.09. The van der Waals surface area contributed by atoms with E-state index in [1.54, 1.807) is 0 Å². The van der Waals surface area contributed by atoms with Crippen molar-refractivity contribution in [1.29, 1.82) is 0 Å². The standard InChI is InChI=1S/C45H32N2/c46-32-18-22-34(23-19-32)47-33-20-13-28(14-21-33)30-16-24-36-31(27-30)17-26-40-39-25-15-29-7-1-2-8-35(29)43(39)45(44(36)40)41-11-5-3-9-37(41)38-10-4-6-12-42(38)45/h1-22,24-27,34,47H,23,46H2. The van der Waals surface area contributed by atoms with Crippen molar-refractivity contribution in [3.8, 4) is 33.4 Å². The van der Waals surface area contributed by atoms with Crippen LogP contribution in [0.15, 0.2) is 163 Å². The van der Waals surface area contributed by atoms with Crippen molar-refractivity contribution >= 4 is 27.2 Å². The number of nitrogens with one attached hydrogen (secondary N) is 1. The Balaban J connectivity index is 1.17. The Hall–Kier alpha value is -5.86. The first-order valence-electron chi connectivity index (χ1n) is 16.5. The van der Waals surface area contributed by atoms with E-state index in [2.05, 4.69) is 157 Å². The van der Waals surface area contributed by atoms with Gasteiger partial charge in [0.05, 0.1) is 5.41 Å². The molecular formula is C45H32N2. The van der Waals surface area contributed by atoms with Gasteiger partial charge in [0.1, 0.15) is 0 Å². The predicted molar refractivity (Wildman–Crippen MR) is 197 cm³/mol. The average Bonchev–Trinajstić information content (AvgIpc) is 3.60. The van der Waals surface area contributed by atoms with E-state index in [-0.39, 0.29) is 6.04 Å². The Morgan fingerprint density at radius 1 is 0.553 bits per heavy atom. The first-order chi connectivity index (χ1) is 23.2. The van der Waals surface area contributed by atoms with Crippen molar-refractivity contribution < 1.29 is 0 Å². The summed E-state index contributed by atoms with van der Waals surface area (Å²) >= 11 is 0. The van der Waals surface area contributed by atoms with Crippen LogP contribution in [-0.2, 0) is 5.41 Å². The third-order valence-electron chi connectivity index (χ3n) is 10.6. The minimum atomic E-state index is -0.402. The predicted octanol–water partition coefficient (Wildman–Crippen LogP) is 10.6. The molecule has 0 fully saturated rings. The average molecular weight is 601 g/mol. The fourth-order valence-electron chi connectivity index (χ4n) is 8.65. The lowest BCUT2D eigenvalue weighted by atomic mass is 9.68. The van der Waals surface area contributed by atoms with Crippen LogP contribution in [0.5, 0.6) is 0 Å². The van der Waals surface area contributed by atoms with Crippen molar-refractivity contribution in [3.63, 3.8) is 0 Å². The summed E-state index contributed by atoms with van der Waals surface area (Å²) in [4.78, 5) is 0. The second-order valence-electron chi connectivity index (χ2n) is 13.1. The monoisotopic (exact) mass is 600 g/mol. The summed E-state index contributed by atoms with van der Waals surface area (Å²) < 4.78 is 0.